The molecule has 1 N–H and O–H groups in total. The Hall–Kier alpha value is -3.03. The first-order valence-corrected chi connectivity index (χ1v) is 13.3. The summed E-state index contributed by atoms with van der Waals surface area (Å²) in [4.78, 5) is 29.5. The molecule has 0 unspecified atom stereocenters. The molecule has 2 heterocycles. The molecule has 0 amide bonds. The van der Waals surface area contributed by atoms with Gasteiger partial charge in [-0.15, -0.1) is 5.10 Å². The third kappa shape index (κ3) is 6.57. The summed E-state index contributed by atoms with van der Waals surface area (Å²) in [6.45, 7) is 1.22. The Balaban J connectivity index is 1.86. The van der Waals surface area contributed by atoms with E-state index >= 15 is 0 Å². The zero-order valence-electron chi connectivity index (χ0n) is 21.2. The Kier molecular flexibility index (Phi) is 9.10. The summed E-state index contributed by atoms with van der Waals surface area (Å²) in [5.41, 5.74) is -0.478. The van der Waals surface area contributed by atoms with Crippen molar-refractivity contribution in [3.63, 3.8) is 0 Å². The number of nitrogens with zero attached hydrogens (tertiary/aromatic N) is 5. The van der Waals surface area contributed by atoms with Gasteiger partial charge in [-0.25, -0.2) is 14.5 Å². The van der Waals surface area contributed by atoms with Gasteiger partial charge in [-0.3, -0.25) is 13.9 Å². The maximum absolute atomic E-state index is 13.4. The molecule has 2 aromatic heterocycles. The molecule has 0 saturated carbocycles. The van der Waals surface area contributed by atoms with Crippen LogP contribution in [0.1, 0.15) is 31.6 Å². The molecule has 2 atom stereocenters. The van der Waals surface area contributed by atoms with Crippen molar-refractivity contribution in [1.82, 2.24) is 23.9 Å². The summed E-state index contributed by atoms with van der Waals surface area (Å²) in [6, 6.07) is 10.6. The average molecular weight is 653 g/mol. The lowest BCUT2D eigenvalue weighted by molar-refractivity contribution is -0.207. The van der Waals surface area contributed by atoms with E-state index in [1.165, 1.54) is 42.8 Å². The standard InChI is InChI=1S/C25H20Cl4F3N5O4/c1-12(41-13(2)38)23-33-19(34-37(23)17-5-3-4-16(27)20(17)28)11-36-22(29)21(14-6-8-15(26)9-7-14)35(24(36)40)10-18(39)25(30,31)32/h3-9,12,18,39H,10-11H2,1-2H3/t12-,18-/m0/s1. The molecule has 0 aliphatic heterocycles. The van der Waals surface area contributed by atoms with E-state index in [1.807, 2.05) is 0 Å². The van der Waals surface area contributed by atoms with Crippen LogP contribution in [0.5, 0.6) is 0 Å². The lowest BCUT2D eigenvalue weighted by Gasteiger charge is -2.16. The minimum absolute atomic E-state index is 0.0183. The number of alkyl halides is 3. The second kappa shape index (κ2) is 12.1. The number of imidazole rings is 1. The van der Waals surface area contributed by atoms with Crippen LogP contribution in [-0.4, -0.2) is 47.3 Å². The quantitative estimate of drug-likeness (QED) is 0.231. The van der Waals surface area contributed by atoms with Crippen molar-refractivity contribution in [2.75, 3.05) is 0 Å². The van der Waals surface area contributed by atoms with Gasteiger partial charge in [0, 0.05) is 17.5 Å². The second-order valence-electron chi connectivity index (χ2n) is 8.81. The highest BCUT2D eigenvalue weighted by molar-refractivity contribution is 6.43. The van der Waals surface area contributed by atoms with E-state index in [0.29, 0.717) is 5.02 Å². The zero-order chi connectivity index (χ0) is 30.2. The molecule has 41 heavy (non-hydrogen) atoms. The van der Waals surface area contributed by atoms with Crippen LogP contribution in [0.25, 0.3) is 16.9 Å². The molecule has 218 valence electrons. The molecule has 0 aliphatic rings. The highest BCUT2D eigenvalue weighted by Gasteiger charge is 2.39. The molecule has 16 heteroatoms. The van der Waals surface area contributed by atoms with Crippen LogP contribution < -0.4 is 5.69 Å². The van der Waals surface area contributed by atoms with E-state index in [0.717, 1.165) is 9.13 Å². The van der Waals surface area contributed by atoms with Crippen molar-refractivity contribution < 1.29 is 27.8 Å². The molecule has 0 radical (unpaired) electrons. The number of ether oxygens (including phenoxy) is 1. The number of carbonyl (C=O) groups excluding carboxylic acids is 1. The first-order chi connectivity index (χ1) is 19.2. The van der Waals surface area contributed by atoms with Crippen molar-refractivity contribution >= 4 is 52.4 Å². The molecule has 2 aromatic carbocycles. The SMILES string of the molecule is CC(=O)O[C@@H](C)c1nc(Cn2c(Cl)c(-c3ccc(Cl)cc3)n(C[C@H](O)C(F)(F)F)c2=O)nn1-c1cccc(Cl)c1Cl. The number of esters is 1. The number of carbonyl (C=O) groups is 1. The van der Waals surface area contributed by atoms with Crippen molar-refractivity contribution in [3.8, 4) is 16.9 Å². The van der Waals surface area contributed by atoms with E-state index in [-0.39, 0.29) is 43.8 Å². The third-order valence-electron chi connectivity index (χ3n) is 5.86. The molecule has 4 aromatic rings. The van der Waals surface area contributed by atoms with E-state index in [1.54, 1.807) is 18.2 Å². The van der Waals surface area contributed by atoms with Crippen molar-refractivity contribution in [2.45, 2.75) is 45.3 Å². The monoisotopic (exact) mass is 651 g/mol. The fourth-order valence-corrected chi connectivity index (χ4v) is 4.85. The topological polar surface area (TPSA) is 104 Å². The van der Waals surface area contributed by atoms with Crippen LogP contribution in [0.15, 0.2) is 47.3 Å². The van der Waals surface area contributed by atoms with Gasteiger partial charge in [-0.1, -0.05) is 64.6 Å². The van der Waals surface area contributed by atoms with E-state index in [4.69, 9.17) is 51.1 Å². The Morgan fingerprint density at radius 3 is 2.34 bits per heavy atom. The minimum atomic E-state index is -5.00. The molecule has 0 fully saturated rings. The number of benzene rings is 2. The largest absolute Gasteiger partial charge is 0.455 e. The maximum Gasteiger partial charge on any atom is 0.416 e. The number of rotatable bonds is 8. The highest BCUT2D eigenvalue weighted by atomic mass is 35.5. The van der Waals surface area contributed by atoms with Crippen LogP contribution in [0, 0.1) is 0 Å². The zero-order valence-corrected chi connectivity index (χ0v) is 24.2. The van der Waals surface area contributed by atoms with Gasteiger partial charge in [-0.05, 0) is 31.2 Å². The van der Waals surface area contributed by atoms with E-state index < -0.39 is 43.1 Å². The van der Waals surface area contributed by atoms with Crippen molar-refractivity contribution in [3.05, 3.63) is 84.8 Å². The Morgan fingerprint density at radius 1 is 1.07 bits per heavy atom. The molecule has 9 nitrogen and oxygen atoms in total. The summed E-state index contributed by atoms with van der Waals surface area (Å²) < 4.78 is 47.9. The number of aliphatic hydroxyl groups excluding tert-OH is 1. The maximum atomic E-state index is 13.4. The molecule has 0 saturated heterocycles. The first-order valence-electron chi connectivity index (χ1n) is 11.8. The second-order valence-corrected chi connectivity index (χ2v) is 10.4. The molecule has 0 aliphatic carbocycles. The third-order valence-corrected chi connectivity index (χ3v) is 7.30. The highest BCUT2D eigenvalue weighted by Crippen LogP contribution is 2.32. The number of hydrogen-bond donors (Lipinski definition) is 1. The van der Waals surface area contributed by atoms with Gasteiger partial charge in [0.1, 0.15) is 5.15 Å². The Labute approximate surface area is 250 Å². The molecule has 4 rings (SSSR count). The summed E-state index contributed by atoms with van der Waals surface area (Å²) >= 11 is 25.1. The number of halogens is 7. The van der Waals surface area contributed by atoms with Crippen molar-refractivity contribution in [2.24, 2.45) is 0 Å². The fourth-order valence-electron chi connectivity index (χ4n) is 4.01. The molecular weight excluding hydrogens is 633 g/mol. The van der Waals surface area contributed by atoms with Crippen LogP contribution >= 0.6 is 46.4 Å². The van der Waals surface area contributed by atoms with Crippen LogP contribution in [0.2, 0.25) is 20.2 Å². The van der Waals surface area contributed by atoms with Crippen molar-refractivity contribution in [1.29, 1.82) is 0 Å². The number of aliphatic hydroxyl groups is 1. The number of hydrogen-bond acceptors (Lipinski definition) is 6. The van der Waals surface area contributed by atoms with Gasteiger partial charge in [0.15, 0.2) is 23.9 Å². The van der Waals surface area contributed by atoms with Gasteiger partial charge < -0.3 is 9.84 Å². The van der Waals surface area contributed by atoms with Gasteiger partial charge in [0.05, 0.1) is 34.5 Å². The van der Waals surface area contributed by atoms with E-state index in [9.17, 15) is 27.9 Å². The lowest BCUT2D eigenvalue weighted by atomic mass is 10.1. The Bertz CT molecular complexity index is 1650. The number of aromatic nitrogens is 5. The first kappa shape index (κ1) is 30.9. The molecule has 0 bridgehead atoms. The van der Waals surface area contributed by atoms with Crippen LogP contribution in [0.3, 0.4) is 0 Å². The van der Waals surface area contributed by atoms with E-state index in [2.05, 4.69) is 10.1 Å². The Morgan fingerprint density at radius 2 is 1.73 bits per heavy atom. The normalized spacial score (nSPS) is 13.3. The van der Waals surface area contributed by atoms with Crippen LogP contribution in [0.4, 0.5) is 13.2 Å². The van der Waals surface area contributed by atoms with Crippen LogP contribution in [-0.2, 0) is 22.6 Å². The smallest absolute Gasteiger partial charge is 0.416 e. The summed E-state index contributed by atoms with van der Waals surface area (Å²) in [6.07, 6.45) is -8.77. The minimum Gasteiger partial charge on any atom is -0.455 e. The fraction of sp³-hybridized carbons (Fsp3) is 0.280. The van der Waals surface area contributed by atoms with Gasteiger partial charge in [0.2, 0.25) is 0 Å². The molecular formula is C25H20Cl4F3N5O4. The predicted octanol–water partition coefficient (Wildman–Crippen LogP) is 6.11. The molecule has 0 spiro atoms. The lowest BCUT2D eigenvalue weighted by Crippen LogP contribution is -2.37. The summed E-state index contributed by atoms with van der Waals surface area (Å²) in [5.74, 6) is -0.499. The van der Waals surface area contributed by atoms with Gasteiger partial charge in [-0.2, -0.15) is 13.2 Å². The van der Waals surface area contributed by atoms with Gasteiger partial charge in [0.25, 0.3) is 0 Å². The summed E-state index contributed by atoms with van der Waals surface area (Å²) in [5, 5.41) is 14.6. The predicted molar refractivity (Wildman–Crippen MR) is 147 cm³/mol. The average Bonchev–Trinajstić information content (AvgIpc) is 3.40. The van der Waals surface area contributed by atoms with Gasteiger partial charge >= 0.3 is 17.8 Å². The summed E-state index contributed by atoms with van der Waals surface area (Å²) in [7, 11) is 0.